The van der Waals surface area contributed by atoms with Crippen LogP contribution in [0.1, 0.15) is 43.8 Å². The summed E-state index contributed by atoms with van der Waals surface area (Å²) in [5.41, 5.74) is 2.17. The SMILES string of the molecule is CC(C)(C)c1ccc(C(O)c2cc(Br)c(Br)o2)cc1. The van der Waals surface area contributed by atoms with Crippen molar-refractivity contribution in [2.45, 2.75) is 32.3 Å². The molecule has 1 N–H and O–H groups in total. The molecule has 0 amide bonds. The van der Waals surface area contributed by atoms with Crippen LogP contribution in [0.25, 0.3) is 0 Å². The van der Waals surface area contributed by atoms with Gasteiger partial charge in [0.1, 0.15) is 11.9 Å². The lowest BCUT2D eigenvalue weighted by atomic mass is 9.86. The van der Waals surface area contributed by atoms with E-state index in [0.29, 0.717) is 10.4 Å². The zero-order chi connectivity index (χ0) is 14.2. The Morgan fingerprint density at radius 1 is 1.11 bits per heavy atom. The van der Waals surface area contributed by atoms with Crippen molar-refractivity contribution in [2.24, 2.45) is 0 Å². The Bertz CT molecular complexity index is 545. The molecule has 2 rings (SSSR count). The van der Waals surface area contributed by atoms with Crippen molar-refractivity contribution in [2.75, 3.05) is 0 Å². The lowest BCUT2D eigenvalue weighted by molar-refractivity contribution is 0.187. The molecule has 0 aliphatic heterocycles. The first-order valence-corrected chi connectivity index (χ1v) is 7.61. The van der Waals surface area contributed by atoms with Gasteiger partial charge in [-0.1, -0.05) is 45.0 Å². The minimum absolute atomic E-state index is 0.111. The second-order valence-corrected chi connectivity index (χ2v) is 7.12. The first-order chi connectivity index (χ1) is 8.79. The van der Waals surface area contributed by atoms with Crippen LogP contribution < -0.4 is 0 Å². The fourth-order valence-electron chi connectivity index (χ4n) is 1.83. The van der Waals surface area contributed by atoms with Gasteiger partial charge in [0.15, 0.2) is 4.67 Å². The average molecular weight is 388 g/mol. The molecule has 0 saturated heterocycles. The highest BCUT2D eigenvalue weighted by molar-refractivity contribution is 9.13. The second kappa shape index (κ2) is 5.43. The van der Waals surface area contributed by atoms with Crippen LogP contribution >= 0.6 is 31.9 Å². The molecule has 102 valence electrons. The Morgan fingerprint density at radius 2 is 1.68 bits per heavy atom. The molecule has 1 aromatic carbocycles. The molecule has 2 nitrogen and oxygen atoms in total. The molecular formula is C15H16Br2O2. The number of halogens is 2. The largest absolute Gasteiger partial charge is 0.450 e. The standard InChI is InChI=1S/C15H16Br2O2/c1-15(2,3)10-6-4-9(5-7-10)13(18)12-8-11(16)14(17)19-12/h4-8,13,18H,1-3H3. The van der Waals surface area contributed by atoms with E-state index in [4.69, 9.17) is 4.42 Å². The number of hydrogen-bond acceptors (Lipinski definition) is 2. The summed E-state index contributed by atoms with van der Waals surface area (Å²) in [5.74, 6) is 0.516. The van der Waals surface area contributed by atoms with Gasteiger partial charge in [-0.15, -0.1) is 0 Å². The van der Waals surface area contributed by atoms with E-state index in [-0.39, 0.29) is 5.41 Å². The first-order valence-electron chi connectivity index (χ1n) is 6.02. The summed E-state index contributed by atoms with van der Waals surface area (Å²) in [4.78, 5) is 0. The van der Waals surface area contributed by atoms with E-state index in [1.807, 2.05) is 24.3 Å². The molecule has 4 heteroatoms. The van der Waals surface area contributed by atoms with Crippen LogP contribution in [0.2, 0.25) is 0 Å². The molecule has 0 radical (unpaired) electrons. The highest BCUT2D eigenvalue weighted by atomic mass is 79.9. The maximum Gasteiger partial charge on any atom is 0.183 e. The van der Waals surface area contributed by atoms with Crippen LogP contribution in [0.5, 0.6) is 0 Å². The normalized spacial score (nSPS) is 13.6. The number of hydrogen-bond donors (Lipinski definition) is 1. The lowest BCUT2D eigenvalue weighted by Crippen LogP contribution is -2.11. The van der Waals surface area contributed by atoms with Gasteiger partial charge in [0, 0.05) is 0 Å². The van der Waals surface area contributed by atoms with Gasteiger partial charge in [0.2, 0.25) is 0 Å². The molecule has 19 heavy (non-hydrogen) atoms. The third-order valence-electron chi connectivity index (χ3n) is 3.03. The van der Waals surface area contributed by atoms with Crippen molar-refractivity contribution in [3.05, 3.63) is 56.4 Å². The zero-order valence-corrected chi connectivity index (χ0v) is 14.2. The maximum absolute atomic E-state index is 10.3. The fourth-order valence-corrected chi connectivity index (χ4v) is 2.44. The van der Waals surface area contributed by atoms with E-state index >= 15 is 0 Å². The summed E-state index contributed by atoms with van der Waals surface area (Å²) in [7, 11) is 0. The van der Waals surface area contributed by atoms with Crippen LogP contribution in [-0.2, 0) is 5.41 Å². The molecule has 1 unspecified atom stereocenters. The third-order valence-corrected chi connectivity index (χ3v) is 4.74. The number of rotatable bonds is 2. The van der Waals surface area contributed by atoms with Gasteiger partial charge in [0.25, 0.3) is 0 Å². The Balaban J connectivity index is 2.27. The maximum atomic E-state index is 10.3. The van der Waals surface area contributed by atoms with Gasteiger partial charge in [0.05, 0.1) is 4.47 Å². The van der Waals surface area contributed by atoms with Crippen molar-refractivity contribution in [3.63, 3.8) is 0 Å². The number of aliphatic hydroxyl groups is 1. The predicted molar refractivity (Wildman–Crippen MR) is 83.3 cm³/mol. The van der Waals surface area contributed by atoms with Crippen molar-refractivity contribution in [1.29, 1.82) is 0 Å². The van der Waals surface area contributed by atoms with E-state index in [9.17, 15) is 5.11 Å². The number of aliphatic hydroxyl groups excluding tert-OH is 1. The van der Waals surface area contributed by atoms with Gasteiger partial charge in [-0.25, -0.2) is 0 Å². The summed E-state index contributed by atoms with van der Waals surface area (Å²) < 4.78 is 6.84. The third kappa shape index (κ3) is 3.30. The molecule has 1 atom stereocenters. The van der Waals surface area contributed by atoms with Gasteiger partial charge in [-0.05, 0) is 54.5 Å². The number of benzene rings is 1. The minimum Gasteiger partial charge on any atom is -0.450 e. The molecule has 0 saturated carbocycles. The van der Waals surface area contributed by atoms with Crippen LogP contribution in [0.3, 0.4) is 0 Å². The summed E-state index contributed by atoms with van der Waals surface area (Å²) in [5, 5.41) is 10.3. The summed E-state index contributed by atoms with van der Waals surface area (Å²) in [6, 6.07) is 9.74. The Hall–Kier alpha value is -0.580. The molecule has 0 spiro atoms. The highest BCUT2D eigenvalue weighted by Crippen LogP contribution is 2.33. The van der Waals surface area contributed by atoms with Gasteiger partial charge < -0.3 is 9.52 Å². The van der Waals surface area contributed by atoms with Gasteiger partial charge in [-0.2, -0.15) is 0 Å². The predicted octanol–water partition coefficient (Wildman–Crippen LogP) is 5.18. The topological polar surface area (TPSA) is 33.4 Å². The second-order valence-electron chi connectivity index (χ2n) is 5.54. The van der Waals surface area contributed by atoms with Crippen LogP contribution in [-0.4, -0.2) is 5.11 Å². The lowest BCUT2D eigenvalue weighted by Gasteiger charge is -2.19. The number of furan rings is 1. The Labute approximate surface area is 130 Å². The van der Waals surface area contributed by atoms with Crippen molar-refractivity contribution < 1.29 is 9.52 Å². The van der Waals surface area contributed by atoms with Crippen molar-refractivity contribution in [3.8, 4) is 0 Å². The van der Waals surface area contributed by atoms with E-state index in [0.717, 1.165) is 10.0 Å². The van der Waals surface area contributed by atoms with E-state index < -0.39 is 6.10 Å². The highest BCUT2D eigenvalue weighted by Gasteiger charge is 2.18. The molecular weight excluding hydrogens is 372 g/mol. The van der Waals surface area contributed by atoms with E-state index in [1.54, 1.807) is 6.07 Å². The molecule has 0 bridgehead atoms. The van der Waals surface area contributed by atoms with Crippen molar-refractivity contribution >= 4 is 31.9 Å². The van der Waals surface area contributed by atoms with Crippen LogP contribution in [0, 0.1) is 0 Å². The first kappa shape index (κ1) is 14.8. The minimum atomic E-state index is -0.753. The fraction of sp³-hybridized carbons (Fsp3) is 0.333. The van der Waals surface area contributed by atoms with Crippen LogP contribution in [0.4, 0.5) is 0 Å². The molecule has 0 aliphatic carbocycles. The van der Waals surface area contributed by atoms with E-state index in [1.165, 1.54) is 5.56 Å². The van der Waals surface area contributed by atoms with Crippen molar-refractivity contribution in [1.82, 2.24) is 0 Å². The molecule has 0 fully saturated rings. The summed E-state index contributed by atoms with van der Waals surface area (Å²) in [6.07, 6.45) is -0.753. The van der Waals surface area contributed by atoms with E-state index in [2.05, 4.69) is 52.6 Å². The summed E-state index contributed by atoms with van der Waals surface area (Å²) >= 11 is 6.61. The molecule has 2 aromatic rings. The zero-order valence-electron chi connectivity index (χ0n) is 11.1. The monoisotopic (exact) mass is 386 g/mol. The smallest absolute Gasteiger partial charge is 0.183 e. The average Bonchev–Trinajstić information content (AvgIpc) is 2.68. The van der Waals surface area contributed by atoms with Gasteiger partial charge >= 0.3 is 0 Å². The van der Waals surface area contributed by atoms with Gasteiger partial charge in [-0.3, -0.25) is 0 Å². The Kier molecular flexibility index (Phi) is 4.23. The summed E-state index contributed by atoms with van der Waals surface area (Å²) in [6.45, 7) is 6.50. The van der Waals surface area contributed by atoms with Crippen LogP contribution in [0.15, 0.2) is 43.9 Å². The quantitative estimate of drug-likeness (QED) is 0.769. The molecule has 1 heterocycles. The molecule has 0 aliphatic rings. The Morgan fingerprint density at radius 3 is 2.11 bits per heavy atom. The molecule has 1 aromatic heterocycles.